The van der Waals surface area contributed by atoms with Crippen LogP contribution in [0.25, 0.3) is 0 Å². The summed E-state index contributed by atoms with van der Waals surface area (Å²) in [5, 5.41) is 4.21. The molecule has 1 unspecified atom stereocenters. The summed E-state index contributed by atoms with van der Waals surface area (Å²) >= 11 is 6.19. The second-order valence-corrected chi connectivity index (χ2v) is 4.47. The molecule has 1 atom stereocenters. The van der Waals surface area contributed by atoms with Crippen LogP contribution in [0.1, 0.15) is 18.4 Å². The van der Waals surface area contributed by atoms with E-state index in [0.29, 0.717) is 12.6 Å². The summed E-state index contributed by atoms with van der Waals surface area (Å²) in [4.78, 5) is 0. The maximum Gasteiger partial charge on any atom is 0.124 e. The summed E-state index contributed by atoms with van der Waals surface area (Å²) in [6.45, 7) is 0.703. The number of benzene rings is 1. The van der Waals surface area contributed by atoms with E-state index in [9.17, 15) is 0 Å². The minimum Gasteiger partial charge on any atom is -0.496 e. The van der Waals surface area contributed by atoms with Crippen LogP contribution in [0.15, 0.2) is 12.1 Å². The van der Waals surface area contributed by atoms with Gasteiger partial charge in [-0.2, -0.15) is 0 Å². The molecule has 1 aliphatic rings. The zero-order valence-corrected chi connectivity index (χ0v) is 10.2. The van der Waals surface area contributed by atoms with E-state index >= 15 is 0 Å². The predicted octanol–water partition coefficient (Wildman–Crippen LogP) is 2.42. The van der Waals surface area contributed by atoms with Gasteiger partial charge < -0.3 is 15.8 Å². The molecular formula is C12H17ClN2O. The molecule has 1 heterocycles. The topological polar surface area (TPSA) is 47.3 Å². The first-order valence-corrected chi connectivity index (χ1v) is 5.96. The lowest BCUT2D eigenvalue weighted by Gasteiger charge is -2.28. The lowest BCUT2D eigenvalue weighted by atomic mass is 9.95. The van der Waals surface area contributed by atoms with Crippen LogP contribution in [-0.4, -0.2) is 19.7 Å². The Morgan fingerprint density at radius 2 is 2.38 bits per heavy atom. The van der Waals surface area contributed by atoms with Gasteiger partial charge in [0, 0.05) is 11.6 Å². The maximum atomic E-state index is 6.19. The Balaban J connectivity index is 2.30. The van der Waals surface area contributed by atoms with Crippen molar-refractivity contribution in [3.05, 3.63) is 22.7 Å². The highest BCUT2D eigenvalue weighted by atomic mass is 35.5. The Kier molecular flexibility index (Phi) is 3.56. The number of nitrogens with two attached hydrogens (primary N) is 1. The van der Waals surface area contributed by atoms with Gasteiger partial charge in [0.15, 0.2) is 0 Å². The quantitative estimate of drug-likeness (QED) is 0.853. The third kappa shape index (κ3) is 2.11. The molecule has 16 heavy (non-hydrogen) atoms. The first-order chi connectivity index (χ1) is 7.76. The summed E-state index contributed by atoms with van der Waals surface area (Å²) in [7, 11) is 1.69. The summed E-state index contributed by atoms with van der Waals surface area (Å²) < 4.78 is 5.34. The van der Waals surface area contributed by atoms with Gasteiger partial charge >= 0.3 is 0 Å². The Hall–Kier alpha value is -0.930. The first-order valence-electron chi connectivity index (χ1n) is 5.58. The highest BCUT2D eigenvalue weighted by Crippen LogP contribution is 2.38. The lowest BCUT2D eigenvalue weighted by Crippen LogP contribution is -2.28. The number of hydrogen-bond donors (Lipinski definition) is 2. The molecule has 0 saturated carbocycles. The van der Waals surface area contributed by atoms with Crippen molar-refractivity contribution < 1.29 is 4.74 Å². The zero-order chi connectivity index (χ0) is 11.5. The molecule has 1 aromatic rings. The Bertz CT molecular complexity index is 382. The maximum absolute atomic E-state index is 6.19. The molecule has 0 radical (unpaired) electrons. The van der Waals surface area contributed by atoms with Gasteiger partial charge in [-0.1, -0.05) is 11.6 Å². The molecule has 3 nitrogen and oxygen atoms in total. The Labute approximate surface area is 101 Å². The van der Waals surface area contributed by atoms with Gasteiger partial charge in [0.25, 0.3) is 0 Å². The number of fused-ring (bicyclic) bond motifs is 1. The van der Waals surface area contributed by atoms with Crippen LogP contribution in [0.4, 0.5) is 5.69 Å². The number of rotatable bonds is 3. The standard InChI is InChI=1S/C12H17ClN2O/c1-16-11-5-4-10(13)12-9(11)3-2-8(15-12)6-7-14/h4-5,8,15H,2-3,6-7,14H2,1H3. The van der Waals surface area contributed by atoms with Gasteiger partial charge in [0.2, 0.25) is 0 Å². The van der Waals surface area contributed by atoms with Crippen LogP contribution in [0.3, 0.4) is 0 Å². The second-order valence-electron chi connectivity index (χ2n) is 4.06. The van der Waals surface area contributed by atoms with Gasteiger partial charge in [-0.15, -0.1) is 0 Å². The van der Waals surface area contributed by atoms with Crippen LogP contribution in [0.5, 0.6) is 5.75 Å². The molecule has 1 aliphatic heterocycles. The van der Waals surface area contributed by atoms with E-state index in [0.717, 1.165) is 35.7 Å². The minimum absolute atomic E-state index is 0.433. The number of nitrogens with one attached hydrogen (secondary N) is 1. The van der Waals surface area contributed by atoms with E-state index in [1.165, 1.54) is 5.56 Å². The molecule has 1 aromatic carbocycles. The molecule has 0 spiro atoms. The highest BCUT2D eigenvalue weighted by Gasteiger charge is 2.22. The molecular weight excluding hydrogens is 224 g/mol. The van der Waals surface area contributed by atoms with Crippen LogP contribution >= 0.6 is 11.6 Å². The molecule has 0 fully saturated rings. The van der Waals surface area contributed by atoms with Crippen LogP contribution in [0.2, 0.25) is 5.02 Å². The van der Waals surface area contributed by atoms with Crippen LogP contribution in [0, 0.1) is 0 Å². The van der Waals surface area contributed by atoms with E-state index < -0.39 is 0 Å². The number of anilines is 1. The smallest absolute Gasteiger partial charge is 0.124 e. The minimum atomic E-state index is 0.433. The number of halogens is 1. The Morgan fingerprint density at radius 1 is 1.56 bits per heavy atom. The van der Waals surface area contributed by atoms with Crippen molar-refractivity contribution in [2.45, 2.75) is 25.3 Å². The highest BCUT2D eigenvalue weighted by molar-refractivity contribution is 6.33. The summed E-state index contributed by atoms with van der Waals surface area (Å²) in [5.74, 6) is 0.915. The largest absolute Gasteiger partial charge is 0.496 e. The van der Waals surface area contributed by atoms with E-state index in [1.54, 1.807) is 7.11 Å². The number of ether oxygens (including phenoxy) is 1. The second kappa shape index (κ2) is 4.93. The van der Waals surface area contributed by atoms with Crippen LogP contribution in [-0.2, 0) is 6.42 Å². The third-order valence-electron chi connectivity index (χ3n) is 3.05. The molecule has 0 aliphatic carbocycles. The molecule has 88 valence electrons. The molecule has 0 aromatic heterocycles. The Morgan fingerprint density at radius 3 is 3.06 bits per heavy atom. The monoisotopic (exact) mass is 240 g/mol. The van der Waals surface area contributed by atoms with E-state index in [2.05, 4.69) is 5.32 Å². The molecule has 0 saturated heterocycles. The number of hydrogen-bond acceptors (Lipinski definition) is 3. The van der Waals surface area contributed by atoms with Crippen molar-refractivity contribution in [3.8, 4) is 5.75 Å². The fourth-order valence-corrected chi connectivity index (χ4v) is 2.44. The average Bonchev–Trinajstić information content (AvgIpc) is 2.31. The van der Waals surface area contributed by atoms with Gasteiger partial charge in [-0.25, -0.2) is 0 Å². The molecule has 0 bridgehead atoms. The van der Waals surface area contributed by atoms with Gasteiger partial charge in [0.05, 0.1) is 17.8 Å². The van der Waals surface area contributed by atoms with Gasteiger partial charge in [-0.3, -0.25) is 0 Å². The average molecular weight is 241 g/mol. The van der Waals surface area contributed by atoms with Crippen molar-refractivity contribution in [2.75, 3.05) is 19.0 Å². The van der Waals surface area contributed by atoms with Crippen molar-refractivity contribution in [3.63, 3.8) is 0 Å². The predicted molar refractivity (Wildman–Crippen MR) is 67.4 cm³/mol. The zero-order valence-electron chi connectivity index (χ0n) is 9.42. The lowest BCUT2D eigenvalue weighted by molar-refractivity contribution is 0.407. The van der Waals surface area contributed by atoms with Crippen molar-refractivity contribution in [1.29, 1.82) is 0 Å². The summed E-state index contributed by atoms with van der Waals surface area (Å²) in [6.07, 6.45) is 3.06. The summed E-state index contributed by atoms with van der Waals surface area (Å²) in [5.41, 5.74) is 7.78. The fraction of sp³-hybridized carbons (Fsp3) is 0.500. The molecule has 4 heteroatoms. The summed E-state index contributed by atoms with van der Waals surface area (Å²) in [6, 6.07) is 4.23. The van der Waals surface area contributed by atoms with Gasteiger partial charge in [0.1, 0.15) is 5.75 Å². The normalized spacial score (nSPS) is 18.8. The van der Waals surface area contributed by atoms with E-state index in [4.69, 9.17) is 22.1 Å². The van der Waals surface area contributed by atoms with E-state index in [1.807, 2.05) is 12.1 Å². The SMILES string of the molecule is COc1ccc(Cl)c2c1CCC(CCN)N2. The van der Waals surface area contributed by atoms with E-state index in [-0.39, 0.29) is 0 Å². The fourth-order valence-electron chi connectivity index (χ4n) is 2.21. The first kappa shape index (κ1) is 11.6. The van der Waals surface area contributed by atoms with Crippen molar-refractivity contribution in [1.82, 2.24) is 0 Å². The molecule has 3 N–H and O–H groups in total. The van der Waals surface area contributed by atoms with Crippen molar-refractivity contribution >= 4 is 17.3 Å². The third-order valence-corrected chi connectivity index (χ3v) is 3.36. The van der Waals surface area contributed by atoms with Crippen LogP contribution < -0.4 is 15.8 Å². The molecule has 2 rings (SSSR count). The number of methoxy groups -OCH3 is 1. The molecule has 0 amide bonds. The van der Waals surface area contributed by atoms with Gasteiger partial charge in [-0.05, 0) is 37.9 Å². The van der Waals surface area contributed by atoms with Crippen molar-refractivity contribution in [2.24, 2.45) is 5.73 Å².